The van der Waals surface area contributed by atoms with Crippen LogP contribution in [0.2, 0.25) is 0 Å². The Hall–Kier alpha value is -1.73. The summed E-state index contributed by atoms with van der Waals surface area (Å²) in [7, 11) is 3.93. The molecule has 16 heavy (non-hydrogen) atoms. The van der Waals surface area contributed by atoms with Crippen molar-refractivity contribution in [2.75, 3.05) is 19.0 Å². The number of aromatic nitrogens is 1. The molecule has 0 saturated heterocycles. The van der Waals surface area contributed by atoms with Gasteiger partial charge in [0.25, 0.3) is 0 Å². The second-order valence-electron chi connectivity index (χ2n) is 3.57. The number of thiocyanates is 1. The normalized spacial score (nSPS) is 10.1. The first-order valence-electron chi connectivity index (χ1n) is 4.85. The van der Waals surface area contributed by atoms with Crippen LogP contribution in [0.1, 0.15) is 0 Å². The summed E-state index contributed by atoms with van der Waals surface area (Å²) in [5, 5.41) is 13.0. The Bertz CT molecular complexity index is 558. The molecule has 80 valence electrons. The maximum Gasteiger partial charge on any atom is 0.138 e. The zero-order valence-electron chi connectivity index (χ0n) is 9.14. The van der Waals surface area contributed by atoms with Gasteiger partial charge >= 0.3 is 0 Å². The van der Waals surface area contributed by atoms with E-state index < -0.39 is 0 Å². The molecule has 0 N–H and O–H groups in total. The summed E-state index contributed by atoms with van der Waals surface area (Å²) >= 11 is 1.18. The predicted molar refractivity (Wildman–Crippen MR) is 67.5 cm³/mol. The number of nitrogens with zero attached hydrogens (tertiary/aromatic N) is 3. The lowest BCUT2D eigenvalue weighted by molar-refractivity contribution is 1.08. The van der Waals surface area contributed by atoms with Crippen LogP contribution in [0, 0.1) is 10.7 Å². The maximum absolute atomic E-state index is 8.74. The van der Waals surface area contributed by atoms with Gasteiger partial charge in [-0.15, -0.1) is 0 Å². The van der Waals surface area contributed by atoms with E-state index in [0.717, 1.165) is 21.5 Å². The zero-order chi connectivity index (χ0) is 11.5. The molecule has 0 radical (unpaired) electrons. The molecule has 0 aliphatic carbocycles. The van der Waals surface area contributed by atoms with Crippen LogP contribution < -0.4 is 4.90 Å². The Morgan fingerprint density at radius 1 is 1.25 bits per heavy atom. The van der Waals surface area contributed by atoms with Gasteiger partial charge in [-0.2, -0.15) is 5.26 Å². The van der Waals surface area contributed by atoms with E-state index in [-0.39, 0.29) is 0 Å². The van der Waals surface area contributed by atoms with Gasteiger partial charge in [0.1, 0.15) is 11.2 Å². The average molecular weight is 229 g/mol. The van der Waals surface area contributed by atoms with Crippen molar-refractivity contribution in [1.29, 1.82) is 5.26 Å². The van der Waals surface area contributed by atoms with E-state index in [1.54, 1.807) is 6.20 Å². The smallest absolute Gasteiger partial charge is 0.138 e. The molecule has 0 atom stereocenters. The van der Waals surface area contributed by atoms with Crippen molar-refractivity contribution in [3.8, 4) is 5.40 Å². The van der Waals surface area contributed by atoms with Crippen molar-refractivity contribution in [1.82, 2.24) is 4.98 Å². The Morgan fingerprint density at radius 3 is 2.75 bits per heavy atom. The van der Waals surface area contributed by atoms with Gasteiger partial charge in [0.2, 0.25) is 0 Å². The summed E-state index contributed by atoms with van der Waals surface area (Å²) in [4.78, 5) is 7.29. The van der Waals surface area contributed by atoms with Gasteiger partial charge in [0.15, 0.2) is 0 Å². The van der Waals surface area contributed by atoms with Gasteiger partial charge in [-0.1, -0.05) is 12.1 Å². The molecule has 0 aliphatic rings. The van der Waals surface area contributed by atoms with E-state index in [2.05, 4.69) is 10.4 Å². The molecule has 0 amide bonds. The molecular formula is C12H11N3S. The molecule has 1 aromatic heterocycles. The Balaban J connectivity index is 2.72. The minimum atomic E-state index is 0.929. The third kappa shape index (κ3) is 1.82. The fourth-order valence-electron chi connectivity index (χ4n) is 1.66. The summed E-state index contributed by atoms with van der Waals surface area (Å²) in [5.41, 5.74) is 0. The highest BCUT2D eigenvalue weighted by Gasteiger charge is 2.07. The number of anilines is 1. The molecule has 1 aromatic carbocycles. The molecule has 3 nitrogen and oxygen atoms in total. The van der Waals surface area contributed by atoms with Crippen LogP contribution >= 0.6 is 11.8 Å². The van der Waals surface area contributed by atoms with E-state index in [1.165, 1.54) is 11.8 Å². The Kier molecular flexibility index (Phi) is 2.97. The highest BCUT2D eigenvalue weighted by Crippen LogP contribution is 2.30. The Morgan fingerprint density at radius 2 is 2.06 bits per heavy atom. The molecule has 0 unspecified atom stereocenters. The first kappa shape index (κ1) is 10.8. The largest absolute Gasteiger partial charge is 0.362 e. The number of rotatable bonds is 2. The van der Waals surface area contributed by atoms with Gasteiger partial charge in [-0.3, -0.25) is 0 Å². The predicted octanol–water partition coefficient (Wildman–Crippen LogP) is 2.87. The number of thioether (sulfide) groups is 1. The number of hydrogen-bond donors (Lipinski definition) is 0. The van der Waals surface area contributed by atoms with Crippen LogP contribution in [0.15, 0.2) is 35.4 Å². The number of benzene rings is 1. The summed E-state index contributed by atoms with van der Waals surface area (Å²) in [6.07, 6.45) is 1.78. The summed E-state index contributed by atoms with van der Waals surface area (Å²) in [6, 6.07) is 7.88. The van der Waals surface area contributed by atoms with Crippen LogP contribution in [-0.2, 0) is 0 Å². The van der Waals surface area contributed by atoms with Gasteiger partial charge in [-0.05, 0) is 23.9 Å². The lowest BCUT2D eigenvalue weighted by atomic mass is 10.1. The fraction of sp³-hybridized carbons (Fsp3) is 0.167. The third-order valence-electron chi connectivity index (χ3n) is 2.32. The molecule has 1 heterocycles. The molecule has 2 rings (SSSR count). The molecule has 0 saturated carbocycles. The van der Waals surface area contributed by atoms with E-state index in [0.29, 0.717) is 0 Å². The lowest BCUT2D eigenvalue weighted by Crippen LogP contribution is -2.10. The fourth-order valence-corrected chi connectivity index (χ4v) is 2.19. The van der Waals surface area contributed by atoms with Crippen molar-refractivity contribution < 1.29 is 0 Å². The number of hydrogen-bond acceptors (Lipinski definition) is 4. The molecule has 0 aliphatic heterocycles. The van der Waals surface area contributed by atoms with E-state index in [4.69, 9.17) is 5.26 Å². The standard InChI is InChI=1S/C12H11N3S/c1-15(2)12-10-4-3-5-11(16-8-13)9(10)6-7-14-12/h3-7H,1-2H3. The van der Waals surface area contributed by atoms with Crippen LogP contribution in [0.25, 0.3) is 10.8 Å². The van der Waals surface area contributed by atoms with Crippen molar-refractivity contribution in [2.24, 2.45) is 0 Å². The number of nitriles is 1. The van der Waals surface area contributed by atoms with Gasteiger partial charge in [0.05, 0.1) is 0 Å². The average Bonchev–Trinajstić information content (AvgIpc) is 2.29. The Labute approximate surface area is 98.7 Å². The lowest BCUT2D eigenvalue weighted by Gasteiger charge is -2.14. The van der Waals surface area contributed by atoms with E-state index in [9.17, 15) is 0 Å². The summed E-state index contributed by atoms with van der Waals surface area (Å²) in [6.45, 7) is 0. The minimum absolute atomic E-state index is 0.929. The third-order valence-corrected chi connectivity index (χ3v) is 2.99. The van der Waals surface area contributed by atoms with Gasteiger partial charge in [-0.25, -0.2) is 4.98 Å². The van der Waals surface area contributed by atoms with Crippen LogP contribution in [0.3, 0.4) is 0 Å². The minimum Gasteiger partial charge on any atom is -0.362 e. The monoisotopic (exact) mass is 229 g/mol. The SMILES string of the molecule is CN(C)c1nccc2c(SC#N)cccc12. The van der Waals surface area contributed by atoms with E-state index >= 15 is 0 Å². The summed E-state index contributed by atoms with van der Waals surface area (Å²) in [5.74, 6) is 0.929. The second-order valence-corrected chi connectivity index (χ2v) is 4.40. The molecule has 4 heteroatoms. The quantitative estimate of drug-likeness (QED) is 0.586. The van der Waals surface area contributed by atoms with Crippen molar-refractivity contribution in [3.05, 3.63) is 30.5 Å². The van der Waals surface area contributed by atoms with Crippen LogP contribution in [0.4, 0.5) is 5.82 Å². The zero-order valence-corrected chi connectivity index (χ0v) is 9.95. The first-order valence-corrected chi connectivity index (χ1v) is 5.66. The summed E-state index contributed by atoms with van der Waals surface area (Å²) < 4.78 is 0. The molecule has 0 bridgehead atoms. The molecule has 2 aromatic rings. The van der Waals surface area contributed by atoms with Gasteiger partial charge < -0.3 is 4.90 Å². The molecule has 0 fully saturated rings. The second kappa shape index (κ2) is 4.42. The highest BCUT2D eigenvalue weighted by molar-refractivity contribution is 8.04. The highest BCUT2D eigenvalue weighted by atomic mass is 32.2. The molecule has 0 spiro atoms. The molecular weight excluding hydrogens is 218 g/mol. The van der Waals surface area contributed by atoms with Crippen LogP contribution in [0.5, 0.6) is 0 Å². The number of pyridine rings is 1. The van der Waals surface area contributed by atoms with Crippen molar-refractivity contribution >= 4 is 28.4 Å². The van der Waals surface area contributed by atoms with Crippen LogP contribution in [-0.4, -0.2) is 19.1 Å². The first-order chi connectivity index (χ1) is 7.74. The van der Waals surface area contributed by atoms with Crippen molar-refractivity contribution in [3.63, 3.8) is 0 Å². The maximum atomic E-state index is 8.74. The van der Waals surface area contributed by atoms with Crippen molar-refractivity contribution in [2.45, 2.75) is 4.90 Å². The number of fused-ring (bicyclic) bond motifs is 1. The topological polar surface area (TPSA) is 39.9 Å². The van der Waals surface area contributed by atoms with E-state index in [1.807, 2.05) is 43.3 Å². The van der Waals surface area contributed by atoms with Gasteiger partial charge in [0, 0.05) is 36.0 Å².